The fourth-order valence-electron chi connectivity index (χ4n) is 3.23. The van der Waals surface area contributed by atoms with Crippen LogP contribution in [0.4, 0.5) is 5.82 Å². The summed E-state index contributed by atoms with van der Waals surface area (Å²) in [6, 6.07) is 12.2. The highest BCUT2D eigenvalue weighted by Gasteiger charge is 2.31. The zero-order chi connectivity index (χ0) is 19.8. The second kappa shape index (κ2) is 7.73. The van der Waals surface area contributed by atoms with Gasteiger partial charge in [-0.3, -0.25) is 9.36 Å². The van der Waals surface area contributed by atoms with Crippen molar-refractivity contribution in [1.29, 1.82) is 0 Å². The Balaban J connectivity index is 1.54. The predicted octanol–water partition coefficient (Wildman–Crippen LogP) is 3.88. The van der Waals surface area contributed by atoms with Crippen molar-refractivity contribution in [2.75, 3.05) is 5.01 Å². The molecule has 146 valence electrons. The summed E-state index contributed by atoms with van der Waals surface area (Å²) in [6.45, 7) is 6.82. The van der Waals surface area contributed by atoms with Gasteiger partial charge < -0.3 is 5.73 Å². The monoisotopic (exact) mass is 459 g/mol. The maximum atomic E-state index is 6.33. The fraction of sp³-hybridized carbons (Fsp3) is 0.316. The summed E-state index contributed by atoms with van der Waals surface area (Å²) in [6.07, 6.45) is 1.95. The van der Waals surface area contributed by atoms with Gasteiger partial charge in [0.2, 0.25) is 0 Å². The highest BCUT2D eigenvalue weighted by Crippen LogP contribution is 2.32. The summed E-state index contributed by atoms with van der Waals surface area (Å²) >= 11 is 5.13. The van der Waals surface area contributed by atoms with Gasteiger partial charge in [-0.05, 0) is 38.5 Å². The summed E-state index contributed by atoms with van der Waals surface area (Å²) < 4.78 is 4.95. The van der Waals surface area contributed by atoms with Crippen LogP contribution in [0.1, 0.15) is 29.9 Å². The molecule has 3 aromatic rings. The SMILES string of the molecule is Cc1cc(C)n(C(C)C2=NN(c3ccn(Cc4ccccc4Br)n3)C(N)S2)n1. The molecule has 2 N–H and O–H groups in total. The van der Waals surface area contributed by atoms with Crippen LogP contribution in [0.2, 0.25) is 0 Å². The zero-order valence-corrected chi connectivity index (χ0v) is 18.4. The van der Waals surface area contributed by atoms with Gasteiger partial charge >= 0.3 is 0 Å². The van der Waals surface area contributed by atoms with Crippen molar-refractivity contribution in [3.05, 3.63) is 64.0 Å². The molecule has 0 saturated heterocycles. The van der Waals surface area contributed by atoms with Gasteiger partial charge in [-0.2, -0.15) is 15.3 Å². The van der Waals surface area contributed by atoms with E-state index in [9.17, 15) is 0 Å². The Labute approximate surface area is 176 Å². The number of aromatic nitrogens is 4. The lowest BCUT2D eigenvalue weighted by Crippen LogP contribution is -2.32. The van der Waals surface area contributed by atoms with E-state index >= 15 is 0 Å². The molecule has 0 radical (unpaired) electrons. The van der Waals surface area contributed by atoms with Crippen molar-refractivity contribution in [3.63, 3.8) is 0 Å². The van der Waals surface area contributed by atoms with Gasteiger partial charge in [0.05, 0.1) is 18.3 Å². The van der Waals surface area contributed by atoms with Crippen molar-refractivity contribution >= 4 is 38.6 Å². The number of halogens is 1. The van der Waals surface area contributed by atoms with E-state index in [2.05, 4.69) is 52.1 Å². The zero-order valence-electron chi connectivity index (χ0n) is 16.0. The summed E-state index contributed by atoms with van der Waals surface area (Å²) in [5, 5.41) is 16.7. The van der Waals surface area contributed by atoms with Gasteiger partial charge in [0.15, 0.2) is 11.3 Å². The van der Waals surface area contributed by atoms with Gasteiger partial charge in [0.25, 0.3) is 0 Å². The second-order valence-electron chi connectivity index (χ2n) is 6.80. The van der Waals surface area contributed by atoms with Gasteiger partial charge in [0.1, 0.15) is 5.04 Å². The normalized spacial score (nSPS) is 17.8. The number of thioether (sulfide) groups is 1. The molecule has 0 fully saturated rings. The van der Waals surface area contributed by atoms with Crippen molar-refractivity contribution in [2.45, 2.75) is 38.9 Å². The maximum absolute atomic E-state index is 6.33. The van der Waals surface area contributed by atoms with Crippen LogP contribution in [0.15, 0.2) is 52.2 Å². The Bertz CT molecular complexity index is 1020. The van der Waals surface area contributed by atoms with Crippen molar-refractivity contribution in [1.82, 2.24) is 19.6 Å². The average molecular weight is 460 g/mol. The summed E-state index contributed by atoms with van der Waals surface area (Å²) in [5.41, 5.74) is 9.31. The van der Waals surface area contributed by atoms with Gasteiger partial charge in [-0.1, -0.05) is 45.9 Å². The summed E-state index contributed by atoms with van der Waals surface area (Å²) in [5.74, 6) is 0.739. The molecule has 1 aliphatic rings. The van der Waals surface area contributed by atoms with E-state index in [1.807, 2.05) is 46.7 Å². The highest BCUT2D eigenvalue weighted by atomic mass is 79.9. The number of hydrazone groups is 1. The largest absolute Gasteiger partial charge is 0.301 e. The van der Waals surface area contributed by atoms with Gasteiger partial charge in [-0.15, -0.1) is 0 Å². The number of hydrogen-bond acceptors (Lipinski definition) is 6. The molecule has 28 heavy (non-hydrogen) atoms. The van der Waals surface area contributed by atoms with Crippen molar-refractivity contribution < 1.29 is 0 Å². The molecule has 7 nitrogen and oxygen atoms in total. The van der Waals surface area contributed by atoms with Crippen LogP contribution in [0, 0.1) is 13.8 Å². The molecule has 0 spiro atoms. The molecule has 2 unspecified atom stereocenters. The number of nitrogens with zero attached hydrogens (tertiary/aromatic N) is 6. The number of hydrogen-bond donors (Lipinski definition) is 1. The van der Waals surface area contributed by atoms with E-state index < -0.39 is 0 Å². The first kappa shape index (κ1) is 19.2. The number of benzene rings is 1. The van der Waals surface area contributed by atoms with Gasteiger partial charge in [-0.25, -0.2) is 5.01 Å². The number of anilines is 1. The molecule has 1 aliphatic heterocycles. The summed E-state index contributed by atoms with van der Waals surface area (Å²) in [4.78, 5) is 0. The minimum atomic E-state index is -0.304. The van der Waals surface area contributed by atoms with Crippen LogP contribution in [0.5, 0.6) is 0 Å². The van der Waals surface area contributed by atoms with Crippen molar-refractivity contribution in [2.24, 2.45) is 10.8 Å². The minimum absolute atomic E-state index is 0.0251. The Kier molecular flexibility index (Phi) is 5.31. The van der Waals surface area contributed by atoms with Crippen LogP contribution >= 0.6 is 27.7 Å². The predicted molar refractivity (Wildman–Crippen MR) is 117 cm³/mol. The quantitative estimate of drug-likeness (QED) is 0.626. The molecule has 0 saturated carbocycles. The lowest BCUT2D eigenvalue weighted by Gasteiger charge is -2.15. The Morgan fingerprint density at radius 2 is 2.00 bits per heavy atom. The molecule has 0 amide bonds. The standard InChI is InChI=1S/C19H22BrN7S/c1-12-10-13(2)26(22-12)14(3)18-24-27(19(21)28-18)17-8-9-25(23-17)11-15-6-4-5-7-16(15)20/h4-10,14,19H,11,21H2,1-3H3. The number of aryl methyl sites for hydroxylation is 2. The highest BCUT2D eigenvalue weighted by molar-refractivity contribution is 9.10. The molecule has 0 aliphatic carbocycles. The first-order valence-electron chi connectivity index (χ1n) is 9.02. The van der Waals surface area contributed by atoms with Crippen LogP contribution in [-0.2, 0) is 6.54 Å². The Hall–Kier alpha value is -2.10. The van der Waals surface area contributed by atoms with E-state index in [1.54, 1.807) is 16.8 Å². The minimum Gasteiger partial charge on any atom is -0.301 e. The molecule has 4 rings (SSSR count). The number of rotatable bonds is 5. The molecule has 2 aromatic heterocycles. The van der Waals surface area contributed by atoms with E-state index in [1.165, 1.54) is 5.56 Å². The smallest absolute Gasteiger partial charge is 0.173 e. The lowest BCUT2D eigenvalue weighted by atomic mass is 10.2. The molecular weight excluding hydrogens is 438 g/mol. The molecule has 9 heteroatoms. The van der Waals surface area contributed by atoms with Crippen LogP contribution in [0.3, 0.4) is 0 Å². The fourth-order valence-corrected chi connectivity index (χ4v) is 4.57. The van der Waals surface area contributed by atoms with Crippen LogP contribution < -0.4 is 10.7 Å². The van der Waals surface area contributed by atoms with E-state index in [4.69, 9.17) is 10.8 Å². The molecular formula is C19H22BrN7S. The first-order chi connectivity index (χ1) is 13.4. The van der Waals surface area contributed by atoms with E-state index in [0.717, 1.165) is 26.7 Å². The second-order valence-corrected chi connectivity index (χ2v) is 8.79. The Morgan fingerprint density at radius 3 is 2.71 bits per heavy atom. The maximum Gasteiger partial charge on any atom is 0.173 e. The van der Waals surface area contributed by atoms with Crippen LogP contribution in [-0.4, -0.2) is 30.1 Å². The molecule has 1 aromatic carbocycles. The third-order valence-electron chi connectivity index (χ3n) is 4.61. The average Bonchev–Trinajstić information content (AvgIpc) is 3.35. The third kappa shape index (κ3) is 3.74. The van der Waals surface area contributed by atoms with E-state index in [0.29, 0.717) is 6.54 Å². The molecule has 0 bridgehead atoms. The Morgan fingerprint density at radius 1 is 1.21 bits per heavy atom. The van der Waals surface area contributed by atoms with E-state index in [-0.39, 0.29) is 11.5 Å². The number of nitrogens with two attached hydrogens (primary N) is 1. The lowest BCUT2D eigenvalue weighted by molar-refractivity contribution is 0.591. The summed E-state index contributed by atoms with van der Waals surface area (Å²) in [7, 11) is 0. The van der Waals surface area contributed by atoms with Crippen LogP contribution in [0.25, 0.3) is 0 Å². The topological polar surface area (TPSA) is 77.3 Å². The third-order valence-corrected chi connectivity index (χ3v) is 6.49. The molecule has 3 heterocycles. The first-order valence-corrected chi connectivity index (χ1v) is 10.7. The van der Waals surface area contributed by atoms with Crippen molar-refractivity contribution in [3.8, 4) is 0 Å². The van der Waals surface area contributed by atoms with Gasteiger partial charge in [0, 0.05) is 22.4 Å². The molecule has 2 atom stereocenters.